The Morgan fingerprint density at radius 2 is 1.55 bits per heavy atom. The molecule has 1 aliphatic rings. The fourth-order valence-electron chi connectivity index (χ4n) is 3.72. The Labute approximate surface area is 192 Å². The second kappa shape index (κ2) is 9.48. The number of benzene rings is 3. The highest BCUT2D eigenvalue weighted by molar-refractivity contribution is 6.46. The maximum absolute atomic E-state index is 13.7. The average Bonchev–Trinajstić information content (AvgIpc) is 3.09. The number of carbonyl (C=O) groups is 2. The van der Waals surface area contributed by atoms with Crippen molar-refractivity contribution in [2.75, 3.05) is 31.0 Å². The monoisotopic (exact) mass is 444 g/mol. The summed E-state index contributed by atoms with van der Waals surface area (Å²) in [4.78, 5) is 28.4. The molecule has 4 rings (SSSR count). The zero-order chi connectivity index (χ0) is 23.4. The highest BCUT2D eigenvalue weighted by atomic mass is 16.5. The molecule has 2 amide bonds. The Morgan fingerprint density at radius 1 is 0.818 bits per heavy atom. The molecule has 1 heterocycles. The van der Waals surface area contributed by atoms with Crippen LogP contribution in [0.3, 0.4) is 0 Å². The van der Waals surface area contributed by atoms with Gasteiger partial charge in [0, 0.05) is 11.6 Å². The quantitative estimate of drug-likeness (QED) is 0.516. The van der Waals surface area contributed by atoms with Crippen LogP contribution in [0.4, 0.5) is 11.4 Å². The highest BCUT2D eigenvalue weighted by Gasteiger charge is 2.41. The summed E-state index contributed by atoms with van der Waals surface area (Å²) in [6.45, 7) is 2.34. The number of amides is 2. The van der Waals surface area contributed by atoms with Crippen LogP contribution in [0.2, 0.25) is 0 Å². The van der Waals surface area contributed by atoms with Gasteiger partial charge in [0.1, 0.15) is 22.9 Å². The molecule has 0 atom stereocenters. The number of rotatable bonds is 8. The maximum atomic E-state index is 13.7. The van der Waals surface area contributed by atoms with Gasteiger partial charge in [-0.2, -0.15) is 0 Å². The highest BCUT2D eigenvalue weighted by Crippen LogP contribution is 2.39. The molecule has 1 aliphatic heterocycles. The molecule has 0 aliphatic carbocycles. The lowest BCUT2D eigenvalue weighted by Crippen LogP contribution is -2.32. The van der Waals surface area contributed by atoms with E-state index in [1.54, 1.807) is 54.6 Å². The van der Waals surface area contributed by atoms with E-state index in [-0.39, 0.29) is 11.3 Å². The maximum Gasteiger partial charge on any atom is 0.282 e. The van der Waals surface area contributed by atoms with Gasteiger partial charge in [-0.05, 0) is 37.3 Å². The summed E-state index contributed by atoms with van der Waals surface area (Å²) >= 11 is 0. The van der Waals surface area contributed by atoms with Crippen molar-refractivity contribution in [1.82, 2.24) is 0 Å². The van der Waals surface area contributed by atoms with Crippen molar-refractivity contribution in [3.05, 3.63) is 84.1 Å². The van der Waals surface area contributed by atoms with E-state index in [2.05, 4.69) is 5.32 Å². The van der Waals surface area contributed by atoms with Crippen LogP contribution in [0.25, 0.3) is 5.57 Å². The lowest BCUT2D eigenvalue weighted by molar-refractivity contribution is -0.120. The Bertz CT molecular complexity index is 1230. The van der Waals surface area contributed by atoms with Gasteiger partial charge in [-0.1, -0.05) is 36.4 Å². The second-order valence-corrected chi connectivity index (χ2v) is 7.15. The van der Waals surface area contributed by atoms with Gasteiger partial charge in [0.15, 0.2) is 0 Å². The molecule has 7 heteroatoms. The molecule has 3 aromatic carbocycles. The van der Waals surface area contributed by atoms with Crippen LogP contribution in [0.5, 0.6) is 17.2 Å². The van der Waals surface area contributed by atoms with Crippen molar-refractivity contribution in [3.63, 3.8) is 0 Å². The Morgan fingerprint density at radius 3 is 2.27 bits per heavy atom. The molecular weight excluding hydrogens is 420 g/mol. The number of anilines is 2. The van der Waals surface area contributed by atoms with E-state index < -0.39 is 11.8 Å². The smallest absolute Gasteiger partial charge is 0.282 e. The summed E-state index contributed by atoms with van der Waals surface area (Å²) in [6, 6.07) is 21.2. The zero-order valence-corrected chi connectivity index (χ0v) is 18.6. The molecule has 0 saturated heterocycles. The lowest BCUT2D eigenvalue weighted by Gasteiger charge is -2.17. The van der Waals surface area contributed by atoms with Crippen LogP contribution < -0.4 is 24.4 Å². The van der Waals surface area contributed by atoms with Crippen molar-refractivity contribution < 1.29 is 23.8 Å². The number of ether oxygens (including phenoxy) is 3. The predicted octanol–water partition coefficient (Wildman–Crippen LogP) is 4.50. The number of nitrogens with zero attached hydrogens (tertiary/aromatic N) is 1. The summed E-state index contributed by atoms with van der Waals surface area (Å²) in [5.41, 5.74) is 1.85. The van der Waals surface area contributed by atoms with Crippen molar-refractivity contribution in [2.24, 2.45) is 0 Å². The van der Waals surface area contributed by atoms with E-state index >= 15 is 0 Å². The van der Waals surface area contributed by atoms with Gasteiger partial charge in [0.25, 0.3) is 11.8 Å². The minimum absolute atomic E-state index is 0.138. The van der Waals surface area contributed by atoms with Gasteiger partial charge < -0.3 is 19.5 Å². The van der Waals surface area contributed by atoms with Crippen molar-refractivity contribution in [3.8, 4) is 17.2 Å². The number of nitrogens with one attached hydrogen (secondary N) is 1. The third kappa shape index (κ3) is 4.13. The Hall–Kier alpha value is -4.26. The van der Waals surface area contributed by atoms with Crippen LogP contribution in [0.15, 0.2) is 78.5 Å². The fourth-order valence-corrected chi connectivity index (χ4v) is 3.72. The fraction of sp³-hybridized carbons (Fsp3) is 0.154. The number of hydrogen-bond acceptors (Lipinski definition) is 6. The standard InChI is InChI=1S/C26H24N2O5/c1-4-33-22-15-8-6-13-20(22)27-24-23(19-12-5-7-14-21(19)32-3)25(29)28(26(24)30)17-10-9-11-18(16-17)31-2/h5-16,27H,4H2,1-3H3. The van der Waals surface area contributed by atoms with E-state index in [0.29, 0.717) is 40.8 Å². The zero-order valence-electron chi connectivity index (χ0n) is 18.6. The summed E-state index contributed by atoms with van der Waals surface area (Å²) in [6.07, 6.45) is 0. The van der Waals surface area contributed by atoms with Gasteiger partial charge in [-0.3, -0.25) is 9.59 Å². The van der Waals surface area contributed by atoms with Crippen LogP contribution in [0, 0.1) is 0 Å². The molecule has 0 spiro atoms. The van der Waals surface area contributed by atoms with Gasteiger partial charge in [-0.25, -0.2) is 4.90 Å². The molecule has 7 nitrogen and oxygen atoms in total. The number of methoxy groups -OCH3 is 2. The Kier molecular flexibility index (Phi) is 6.31. The molecule has 0 bridgehead atoms. The van der Waals surface area contributed by atoms with Gasteiger partial charge in [-0.15, -0.1) is 0 Å². The van der Waals surface area contributed by atoms with Crippen LogP contribution in [-0.4, -0.2) is 32.6 Å². The molecule has 3 aromatic rings. The second-order valence-electron chi connectivity index (χ2n) is 7.15. The molecule has 0 fully saturated rings. The molecule has 0 unspecified atom stereocenters. The molecule has 0 aromatic heterocycles. The number of para-hydroxylation sites is 3. The Balaban J connectivity index is 1.87. The first-order chi connectivity index (χ1) is 16.1. The van der Waals surface area contributed by atoms with Crippen molar-refractivity contribution in [1.29, 1.82) is 0 Å². The van der Waals surface area contributed by atoms with Gasteiger partial charge in [0.05, 0.1) is 37.8 Å². The minimum Gasteiger partial charge on any atom is -0.497 e. The number of hydrogen-bond donors (Lipinski definition) is 1. The molecule has 0 radical (unpaired) electrons. The molecule has 168 valence electrons. The van der Waals surface area contributed by atoms with E-state index in [1.807, 2.05) is 25.1 Å². The molecule has 0 saturated carbocycles. The SMILES string of the molecule is CCOc1ccccc1NC1=C(c2ccccc2OC)C(=O)N(c2cccc(OC)c2)C1=O. The van der Waals surface area contributed by atoms with E-state index in [0.717, 1.165) is 4.90 Å². The largest absolute Gasteiger partial charge is 0.497 e. The van der Waals surface area contributed by atoms with Crippen LogP contribution in [-0.2, 0) is 9.59 Å². The van der Waals surface area contributed by atoms with Crippen molar-refractivity contribution >= 4 is 28.8 Å². The third-order valence-electron chi connectivity index (χ3n) is 5.22. The summed E-state index contributed by atoms with van der Waals surface area (Å²) in [5, 5.41) is 3.16. The van der Waals surface area contributed by atoms with E-state index in [9.17, 15) is 9.59 Å². The average molecular weight is 444 g/mol. The molecule has 1 N–H and O–H groups in total. The minimum atomic E-state index is -0.486. The normalized spacial score (nSPS) is 13.4. The molecule has 33 heavy (non-hydrogen) atoms. The van der Waals surface area contributed by atoms with E-state index in [1.165, 1.54) is 14.2 Å². The first kappa shape index (κ1) is 22.0. The molecular formula is C26H24N2O5. The summed E-state index contributed by atoms with van der Waals surface area (Å²) in [5.74, 6) is 0.648. The van der Waals surface area contributed by atoms with Gasteiger partial charge in [0.2, 0.25) is 0 Å². The summed E-state index contributed by atoms with van der Waals surface area (Å²) in [7, 11) is 3.06. The lowest BCUT2D eigenvalue weighted by atomic mass is 10.0. The van der Waals surface area contributed by atoms with Gasteiger partial charge >= 0.3 is 0 Å². The number of carbonyl (C=O) groups excluding carboxylic acids is 2. The third-order valence-corrected chi connectivity index (χ3v) is 5.22. The van der Waals surface area contributed by atoms with Crippen LogP contribution >= 0.6 is 0 Å². The van der Waals surface area contributed by atoms with E-state index in [4.69, 9.17) is 14.2 Å². The number of imide groups is 1. The topological polar surface area (TPSA) is 77.1 Å². The van der Waals surface area contributed by atoms with Crippen LogP contribution in [0.1, 0.15) is 12.5 Å². The predicted molar refractivity (Wildman–Crippen MR) is 127 cm³/mol. The first-order valence-corrected chi connectivity index (χ1v) is 10.5. The summed E-state index contributed by atoms with van der Waals surface area (Å²) < 4.78 is 16.5. The van der Waals surface area contributed by atoms with Crippen molar-refractivity contribution in [2.45, 2.75) is 6.92 Å². The first-order valence-electron chi connectivity index (χ1n) is 10.5.